The van der Waals surface area contributed by atoms with Gasteiger partial charge in [-0.15, -0.1) is 0 Å². The Labute approximate surface area is 181 Å². The Hall–Kier alpha value is -3.53. The van der Waals surface area contributed by atoms with Gasteiger partial charge in [-0.25, -0.2) is 0 Å². The van der Waals surface area contributed by atoms with Gasteiger partial charge in [-0.05, 0) is 5.56 Å². The van der Waals surface area contributed by atoms with Crippen molar-refractivity contribution < 1.29 is 14.3 Å². The van der Waals surface area contributed by atoms with E-state index in [1.54, 1.807) is 0 Å². The topological polar surface area (TPSA) is 35.5 Å². The van der Waals surface area contributed by atoms with E-state index in [2.05, 4.69) is 0 Å². The van der Waals surface area contributed by atoms with E-state index in [1.165, 1.54) is 0 Å². The zero-order valence-electron chi connectivity index (χ0n) is 17.0. The minimum Gasteiger partial charge on any atom is -0.338 e. The molecule has 5 rings (SSSR count). The SMILES string of the molecule is O=C(c1ccccc1)C1(c2ccccc2)COC(c2ccccc2)(c2ccccc2)O1. The highest BCUT2D eigenvalue weighted by molar-refractivity contribution is 6.03. The molecule has 0 spiro atoms. The third-order valence-electron chi connectivity index (χ3n) is 5.75. The number of carbonyl (C=O) groups excluding carboxylic acids is 1. The van der Waals surface area contributed by atoms with Gasteiger partial charge in [0.15, 0.2) is 5.60 Å². The number of Topliss-reactive ketones (excluding diaryl/α,β-unsaturated/α-hetero) is 1. The normalized spacial score (nSPS) is 19.7. The highest BCUT2D eigenvalue weighted by Crippen LogP contribution is 2.49. The van der Waals surface area contributed by atoms with Crippen LogP contribution in [0.3, 0.4) is 0 Å². The van der Waals surface area contributed by atoms with Crippen LogP contribution in [0.5, 0.6) is 0 Å². The van der Waals surface area contributed by atoms with E-state index in [0.29, 0.717) is 5.56 Å². The van der Waals surface area contributed by atoms with Crippen LogP contribution in [0.2, 0.25) is 0 Å². The summed E-state index contributed by atoms with van der Waals surface area (Å²) < 4.78 is 13.3. The van der Waals surface area contributed by atoms with Crippen LogP contribution in [0.1, 0.15) is 27.0 Å². The van der Waals surface area contributed by atoms with Gasteiger partial charge in [0.1, 0.15) is 0 Å². The lowest BCUT2D eigenvalue weighted by atomic mass is 9.86. The fourth-order valence-corrected chi connectivity index (χ4v) is 4.19. The summed E-state index contributed by atoms with van der Waals surface area (Å²) in [5.74, 6) is -1.31. The Morgan fingerprint density at radius 1 is 0.581 bits per heavy atom. The van der Waals surface area contributed by atoms with Gasteiger partial charge >= 0.3 is 0 Å². The quantitative estimate of drug-likeness (QED) is 0.398. The number of hydrogen-bond donors (Lipinski definition) is 0. The maximum absolute atomic E-state index is 13.9. The van der Waals surface area contributed by atoms with E-state index >= 15 is 0 Å². The molecule has 0 bridgehead atoms. The summed E-state index contributed by atoms with van der Waals surface area (Å²) >= 11 is 0. The van der Waals surface area contributed by atoms with Gasteiger partial charge in [-0.3, -0.25) is 4.79 Å². The van der Waals surface area contributed by atoms with Crippen molar-refractivity contribution >= 4 is 5.78 Å². The Kier molecular flexibility index (Phi) is 4.99. The van der Waals surface area contributed by atoms with Gasteiger partial charge < -0.3 is 9.47 Å². The van der Waals surface area contributed by atoms with Crippen molar-refractivity contribution in [2.45, 2.75) is 11.4 Å². The summed E-state index contributed by atoms with van der Waals surface area (Å²) in [5.41, 5.74) is 1.79. The molecule has 0 saturated carbocycles. The molecule has 1 atom stereocenters. The first-order chi connectivity index (χ1) is 15.2. The molecule has 1 fully saturated rings. The third kappa shape index (κ3) is 3.28. The molecule has 1 aliphatic rings. The number of ketones is 1. The molecule has 3 heteroatoms. The van der Waals surface area contributed by atoms with E-state index in [1.807, 2.05) is 121 Å². The van der Waals surface area contributed by atoms with Gasteiger partial charge in [0.05, 0.1) is 6.61 Å². The average molecular weight is 406 g/mol. The molecule has 1 unspecified atom stereocenters. The molecule has 0 radical (unpaired) electrons. The van der Waals surface area contributed by atoms with Crippen molar-refractivity contribution in [2.24, 2.45) is 0 Å². The summed E-state index contributed by atoms with van der Waals surface area (Å²) in [6, 6.07) is 38.5. The van der Waals surface area contributed by atoms with Crippen molar-refractivity contribution in [3.8, 4) is 0 Å². The molecule has 4 aromatic rings. The molecule has 1 saturated heterocycles. The van der Waals surface area contributed by atoms with Crippen LogP contribution in [-0.2, 0) is 20.9 Å². The molecule has 0 N–H and O–H groups in total. The average Bonchev–Trinajstić information content (AvgIpc) is 3.29. The van der Waals surface area contributed by atoms with Crippen LogP contribution in [-0.4, -0.2) is 12.4 Å². The number of ether oxygens (including phenoxy) is 2. The van der Waals surface area contributed by atoms with E-state index in [-0.39, 0.29) is 12.4 Å². The predicted octanol–water partition coefficient (Wildman–Crippen LogP) is 5.71. The van der Waals surface area contributed by atoms with Gasteiger partial charge in [0.2, 0.25) is 11.6 Å². The van der Waals surface area contributed by atoms with Crippen molar-refractivity contribution in [3.05, 3.63) is 144 Å². The van der Waals surface area contributed by atoms with Crippen molar-refractivity contribution in [1.29, 1.82) is 0 Å². The Balaban J connectivity index is 1.70. The van der Waals surface area contributed by atoms with Crippen LogP contribution in [0.4, 0.5) is 0 Å². The standard InChI is InChI=1S/C28H22O3/c29-26(22-13-5-1-6-14-22)27(23-15-7-2-8-16-23)21-30-28(31-27,24-17-9-3-10-18-24)25-19-11-4-12-20-25/h1-20H,21H2. The molecule has 31 heavy (non-hydrogen) atoms. The molecular weight excluding hydrogens is 384 g/mol. The summed E-state index contributed by atoms with van der Waals surface area (Å²) in [7, 11) is 0. The van der Waals surface area contributed by atoms with Crippen molar-refractivity contribution in [3.63, 3.8) is 0 Å². The van der Waals surface area contributed by atoms with Gasteiger partial charge in [0, 0.05) is 16.7 Å². The lowest BCUT2D eigenvalue weighted by Gasteiger charge is -2.33. The first-order valence-electron chi connectivity index (χ1n) is 10.4. The zero-order chi connectivity index (χ0) is 21.2. The lowest BCUT2D eigenvalue weighted by Crippen LogP contribution is -2.41. The minimum absolute atomic E-state index is 0.106. The fraction of sp³-hybridized carbons (Fsp3) is 0.107. The predicted molar refractivity (Wildman–Crippen MR) is 120 cm³/mol. The van der Waals surface area contributed by atoms with Crippen LogP contribution < -0.4 is 0 Å². The summed E-state index contributed by atoms with van der Waals surface area (Å²) in [6.45, 7) is 0.106. The molecule has 1 heterocycles. The van der Waals surface area contributed by atoms with E-state index in [0.717, 1.165) is 16.7 Å². The van der Waals surface area contributed by atoms with Gasteiger partial charge in [0.25, 0.3) is 0 Å². The second-order valence-corrected chi connectivity index (χ2v) is 7.63. The van der Waals surface area contributed by atoms with Crippen LogP contribution >= 0.6 is 0 Å². The summed E-state index contributed by atoms with van der Waals surface area (Å²) in [6.07, 6.45) is 0. The molecular formula is C28H22O3. The summed E-state index contributed by atoms with van der Waals surface area (Å²) in [4.78, 5) is 13.9. The number of hydrogen-bond acceptors (Lipinski definition) is 3. The van der Waals surface area contributed by atoms with E-state index in [9.17, 15) is 4.79 Å². The molecule has 0 aromatic heterocycles. The first-order valence-corrected chi connectivity index (χ1v) is 10.4. The maximum atomic E-state index is 13.9. The van der Waals surface area contributed by atoms with Crippen LogP contribution in [0.25, 0.3) is 0 Å². The Morgan fingerprint density at radius 2 is 1.00 bits per heavy atom. The molecule has 152 valence electrons. The Morgan fingerprint density at radius 3 is 1.48 bits per heavy atom. The number of benzene rings is 4. The van der Waals surface area contributed by atoms with Crippen LogP contribution in [0, 0.1) is 0 Å². The first kappa shape index (κ1) is 19.4. The maximum Gasteiger partial charge on any atom is 0.223 e. The highest BCUT2D eigenvalue weighted by Gasteiger charge is 2.57. The van der Waals surface area contributed by atoms with Gasteiger partial charge in [-0.1, -0.05) is 121 Å². The largest absolute Gasteiger partial charge is 0.338 e. The van der Waals surface area contributed by atoms with Gasteiger partial charge in [-0.2, -0.15) is 0 Å². The zero-order valence-corrected chi connectivity index (χ0v) is 17.0. The van der Waals surface area contributed by atoms with Crippen molar-refractivity contribution in [2.75, 3.05) is 6.61 Å². The van der Waals surface area contributed by atoms with Crippen LogP contribution in [0.15, 0.2) is 121 Å². The second-order valence-electron chi connectivity index (χ2n) is 7.63. The molecule has 0 aliphatic carbocycles. The second kappa shape index (κ2) is 7.95. The minimum atomic E-state index is -1.27. The molecule has 3 nitrogen and oxygen atoms in total. The highest BCUT2D eigenvalue weighted by atomic mass is 16.8. The van der Waals surface area contributed by atoms with E-state index in [4.69, 9.17) is 9.47 Å². The number of rotatable bonds is 5. The van der Waals surface area contributed by atoms with Crippen molar-refractivity contribution in [1.82, 2.24) is 0 Å². The lowest BCUT2D eigenvalue weighted by molar-refractivity contribution is -0.157. The monoisotopic (exact) mass is 406 g/mol. The Bertz CT molecular complexity index is 1120. The molecule has 4 aromatic carbocycles. The molecule has 1 aliphatic heterocycles. The third-order valence-corrected chi connectivity index (χ3v) is 5.75. The smallest absolute Gasteiger partial charge is 0.223 e. The molecule has 0 amide bonds. The fourth-order valence-electron chi connectivity index (χ4n) is 4.19. The number of carbonyl (C=O) groups is 1. The summed E-state index contributed by atoms with van der Waals surface area (Å²) in [5, 5.41) is 0. The van der Waals surface area contributed by atoms with E-state index < -0.39 is 11.4 Å².